The van der Waals surface area contributed by atoms with Gasteiger partial charge in [0.05, 0.1) is 59.5 Å². The molecule has 1 aliphatic carbocycles. The molecule has 13 heteroatoms. The molecule has 2 aliphatic heterocycles. The van der Waals surface area contributed by atoms with Crippen molar-refractivity contribution in [2.45, 2.75) is 19.9 Å². The summed E-state index contributed by atoms with van der Waals surface area (Å²) in [5.74, 6) is -10.8. The van der Waals surface area contributed by atoms with E-state index in [0.29, 0.717) is 16.8 Å². The second-order valence-electron chi connectivity index (χ2n) is 10.0. The van der Waals surface area contributed by atoms with Crippen LogP contribution >= 0.6 is 0 Å². The van der Waals surface area contributed by atoms with Crippen LogP contribution in [0.1, 0.15) is 16.7 Å². The van der Waals surface area contributed by atoms with Crippen LogP contribution in [0.3, 0.4) is 0 Å². The lowest BCUT2D eigenvalue weighted by molar-refractivity contribution is -0.176. The minimum Gasteiger partial charge on any atom is -0.469 e. The highest BCUT2D eigenvalue weighted by Crippen LogP contribution is 2.63. The van der Waals surface area contributed by atoms with Gasteiger partial charge in [-0.1, -0.05) is 17.7 Å². The standard InChI is InChI=1S/C30H31NO12/c1-13-11-14(2)22-15(12-13)9-10-16-19-17(24(32)38-3)18(25(33)39-4)20(26(34)40-5)30(19,29(37)43-8)21(27(35)41-6)23(31(16)22)28(36)42-7/h9-12,20-21,23H,1-8H3. The molecule has 0 aromatic heterocycles. The Bertz CT molecular complexity index is 1550. The van der Waals surface area contributed by atoms with E-state index in [2.05, 4.69) is 0 Å². The molecule has 0 saturated heterocycles. The van der Waals surface area contributed by atoms with Crippen molar-refractivity contribution >= 4 is 47.6 Å². The Labute approximate surface area is 247 Å². The first-order chi connectivity index (χ1) is 20.4. The summed E-state index contributed by atoms with van der Waals surface area (Å²) in [5.41, 5.74) is -1.29. The summed E-state index contributed by atoms with van der Waals surface area (Å²) in [6.45, 7) is 3.65. The van der Waals surface area contributed by atoms with E-state index in [1.807, 2.05) is 19.1 Å². The molecule has 13 nitrogen and oxygen atoms in total. The number of benzene rings is 1. The molecule has 2 heterocycles. The number of anilines is 1. The largest absolute Gasteiger partial charge is 0.469 e. The number of esters is 6. The number of nitrogens with zero attached hydrogens (tertiary/aromatic N) is 1. The van der Waals surface area contributed by atoms with Crippen LogP contribution < -0.4 is 4.90 Å². The van der Waals surface area contributed by atoms with Crippen LogP contribution in [-0.2, 0) is 57.2 Å². The first kappa shape index (κ1) is 31.0. The molecule has 4 atom stereocenters. The number of methoxy groups -OCH3 is 6. The van der Waals surface area contributed by atoms with E-state index in [1.54, 1.807) is 13.0 Å². The van der Waals surface area contributed by atoms with Gasteiger partial charge in [0.2, 0.25) is 0 Å². The Kier molecular flexibility index (Phi) is 8.21. The minimum absolute atomic E-state index is 0.0358. The average Bonchev–Trinajstić information content (AvgIpc) is 3.33. The molecule has 0 radical (unpaired) electrons. The van der Waals surface area contributed by atoms with Crippen molar-refractivity contribution in [1.82, 2.24) is 0 Å². The van der Waals surface area contributed by atoms with Gasteiger partial charge in [-0.25, -0.2) is 14.4 Å². The van der Waals surface area contributed by atoms with Gasteiger partial charge >= 0.3 is 35.8 Å². The molecular weight excluding hydrogens is 566 g/mol. The van der Waals surface area contributed by atoms with E-state index in [0.717, 1.165) is 48.2 Å². The maximum atomic E-state index is 14.2. The summed E-state index contributed by atoms with van der Waals surface area (Å²) in [6.07, 6.45) is 3.19. The first-order valence-electron chi connectivity index (χ1n) is 13.0. The van der Waals surface area contributed by atoms with Gasteiger partial charge in [0.1, 0.15) is 23.3 Å². The zero-order valence-electron chi connectivity index (χ0n) is 24.9. The molecule has 228 valence electrons. The molecule has 0 amide bonds. The number of allylic oxidation sites excluding steroid dienone is 1. The van der Waals surface area contributed by atoms with E-state index in [4.69, 9.17) is 28.4 Å². The van der Waals surface area contributed by atoms with Gasteiger partial charge in [-0.2, -0.15) is 0 Å². The summed E-state index contributed by atoms with van der Waals surface area (Å²) in [5, 5.41) is 0. The van der Waals surface area contributed by atoms with Gasteiger partial charge in [0.25, 0.3) is 0 Å². The molecule has 0 spiro atoms. The third-order valence-corrected chi connectivity index (χ3v) is 8.07. The SMILES string of the molecule is COC(=O)C1=C(C(=O)OC)C(C(=O)OC)C2(C(=O)OC)C1=C1C=Cc3cc(C)cc(C)c3N1C(C(=O)OC)C2C(=O)OC. The quantitative estimate of drug-likeness (QED) is 0.342. The lowest BCUT2D eigenvalue weighted by atomic mass is 9.58. The van der Waals surface area contributed by atoms with Crippen LogP contribution in [0.5, 0.6) is 0 Å². The van der Waals surface area contributed by atoms with Crippen LogP contribution in [0.4, 0.5) is 5.69 Å². The summed E-state index contributed by atoms with van der Waals surface area (Å²) < 4.78 is 30.5. The highest BCUT2D eigenvalue weighted by molar-refractivity contribution is 6.16. The number of aryl methyl sites for hydroxylation is 2. The number of fused-ring (bicyclic) bond motifs is 4. The highest BCUT2D eigenvalue weighted by Gasteiger charge is 2.74. The predicted octanol–water partition coefficient (Wildman–Crippen LogP) is 1.34. The Morgan fingerprint density at radius 3 is 1.86 bits per heavy atom. The number of hydrogen-bond donors (Lipinski definition) is 0. The molecule has 0 fully saturated rings. The van der Waals surface area contributed by atoms with Crippen molar-refractivity contribution in [3.63, 3.8) is 0 Å². The van der Waals surface area contributed by atoms with E-state index >= 15 is 0 Å². The van der Waals surface area contributed by atoms with E-state index < -0.39 is 70.3 Å². The van der Waals surface area contributed by atoms with Crippen LogP contribution in [0, 0.1) is 31.1 Å². The maximum absolute atomic E-state index is 14.2. The fourth-order valence-corrected chi connectivity index (χ4v) is 6.63. The summed E-state index contributed by atoms with van der Waals surface area (Å²) in [4.78, 5) is 84.1. The van der Waals surface area contributed by atoms with Crippen molar-refractivity contribution in [2.75, 3.05) is 47.6 Å². The second-order valence-corrected chi connectivity index (χ2v) is 10.0. The van der Waals surface area contributed by atoms with E-state index in [-0.39, 0.29) is 11.3 Å². The van der Waals surface area contributed by atoms with Crippen LogP contribution in [0.15, 0.2) is 40.6 Å². The minimum atomic E-state index is -2.56. The zero-order valence-corrected chi connectivity index (χ0v) is 24.9. The normalized spacial score (nSPS) is 23.4. The van der Waals surface area contributed by atoms with Crippen molar-refractivity contribution in [3.8, 4) is 0 Å². The molecule has 43 heavy (non-hydrogen) atoms. The molecule has 0 saturated carbocycles. The molecule has 1 aromatic rings. The second kappa shape index (κ2) is 11.4. The number of hydrogen-bond acceptors (Lipinski definition) is 13. The third kappa shape index (κ3) is 4.21. The van der Waals surface area contributed by atoms with Crippen molar-refractivity contribution in [2.24, 2.45) is 17.3 Å². The topological polar surface area (TPSA) is 161 Å². The summed E-state index contributed by atoms with van der Waals surface area (Å²) in [6, 6.07) is 2.02. The van der Waals surface area contributed by atoms with E-state index in [1.165, 1.54) is 11.0 Å². The molecule has 0 N–H and O–H groups in total. The van der Waals surface area contributed by atoms with Crippen LogP contribution in [0.2, 0.25) is 0 Å². The third-order valence-electron chi connectivity index (χ3n) is 8.07. The summed E-state index contributed by atoms with van der Waals surface area (Å²) in [7, 11) is 6.15. The fourth-order valence-electron chi connectivity index (χ4n) is 6.63. The number of ether oxygens (including phenoxy) is 6. The first-order valence-corrected chi connectivity index (χ1v) is 13.0. The molecule has 0 bridgehead atoms. The Balaban J connectivity index is 2.38. The number of carbonyl (C=O) groups is 6. The Morgan fingerprint density at radius 1 is 0.721 bits per heavy atom. The monoisotopic (exact) mass is 597 g/mol. The van der Waals surface area contributed by atoms with Gasteiger partial charge < -0.3 is 33.3 Å². The lowest BCUT2D eigenvalue weighted by Crippen LogP contribution is -2.65. The average molecular weight is 598 g/mol. The lowest BCUT2D eigenvalue weighted by Gasteiger charge is -2.51. The smallest absolute Gasteiger partial charge is 0.338 e. The van der Waals surface area contributed by atoms with Crippen molar-refractivity contribution < 1.29 is 57.2 Å². The highest BCUT2D eigenvalue weighted by atomic mass is 16.6. The molecule has 1 aromatic carbocycles. The van der Waals surface area contributed by atoms with Gasteiger partial charge in [-0.05, 0) is 37.1 Å². The van der Waals surface area contributed by atoms with Gasteiger partial charge in [-0.3, -0.25) is 14.4 Å². The number of carbonyl (C=O) groups excluding carboxylic acids is 6. The molecule has 4 unspecified atom stereocenters. The van der Waals surface area contributed by atoms with Crippen molar-refractivity contribution in [1.29, 1.82) is 0 Å². The molecular formula is C30H31NO12. The van der Waals surface area contributed by atoms with Crippen molar-refractivity contribution in [3.05, 3.63) is 57.3 Å². The maximum Gasteiger partial charge on any atom is 0.338 e. The van der Waals surface area contributed by atoms with Crippen LogP contribution in [-0.4, -0.2) is 84.5 Å². The van der Waals surface area contributed by atoms with Crippen LogP contribution in [0.25, 0.3) is 6.08 Å². The number of rotatable bonds is 6. The van der Waals surface area contributed by atoms with E-state index in [9.17, 15) is 28.8 Å². The summed E-state index contributed by atoms with van der Waals surface area (Å²) >= 11 is 0. The Morgan fingerprint density at radius 2 is 1.33 bits per heavy atom. The van der Waals surface area contributed by atoms with Gasteiger partial charge in [-0.15, -0.1) is 0 Å². The predicted molar refractivity (Wildman–Crippen MR) is 147 cm³/mol. The molecule has 3 aliphatic rings. The fraction of sp³-hybridized carbons (Fsp3) is 0.400. The Hall–Kier alpha value is -4.94. The van der Waals surface area contributed by atoms with Gasteiger partial charge in [0.15, 0.2) is 0 Å². The van der Waals surface area contributed by atoms with Gasteiger partial charge in [0, 0.05) is 11.3 Å². The molecule has 4 rings (SSSR count). The zero-order chi connectivity index (χ0) is 32.0.